The van der Waals surface area contributed by atoms with Crippen LogP contribution in [0.1, 0.15) is 21.5 Å². The van der Waals surface area contributed by atoms with Crippen LogP contribution in [0.15, 0.2) is 66.9 Å². The van der Waals surface area contributed by atoms with E-state index in [1.807, 2.05) is 85.1 Å². The van der Waals surface area contributed by atoms with E-state index >= 15 is 0 Å². The Morgan fingerprint density at radius 1 is 1.04 bits per heavy atom. The van der Waals surface area contributed by atoms with Gasteiger partial charge in [0.15, 0.2) is 0 Å². The topological polar surface area (TPSA) is 46.4 Å². The molecule has 27 heavy (non-hydrogen) atoms. The van der Waals surface area contributed by atoms with Gasteiger partial charge in [-0.25, -0.2) is 4.98 Å². The third-order valence-electron chi connectivity index (χ3n) is 4.49. The van der Waals surface area contributed by atoms with E-state index in [9.17, 15) is 4.79 Å². The molecule has 0 aliphatic carbocycles. The highest BCUT2D eigenvalue weighted by molar-refractivity contribution is 6.30. The lowest BCUT2D eigenvalue weighted by molar-refractivity contribution is 0.102. The highest BCUT2D eigenvalue weighted by atomic mass is 35.5. The predicted molar refractivity (Wildman–Crippen MR) is 110 cm³/mol. The third kappa shape index (κ3) is 3.32. The first-order valence-corrected chi connectivity index (χ1v) is 9.02. The second kappa shape index (κ2) is 6.89. The van der Waals surface area contributed by atoms with E-state index in [0.29, 0.717) is 22.1 Å². The van der Waals surface area contributed by atoms with Crippen LogP contribution in [0.5, 0.6) is 0 Å². The second-order valence-corrected chi connectivity index (χ2v) is 6.96. The molecule has 1 N–H and O–H groups in total. The lowest BCUT2D eigenvalue weighted by Gasteiger charge is -2.10. The number of anilines is 1. The van der Waals surface area contributed by atoms with Crippen molar-refractivity contribution in [3.63, 3.8) is 0 Å². The molecule has 0 saturated heterocycles. The van der Waals surface area contributed by atoms with Gasteiger partial charge in [-0.15, -0.1) is 0 Å². The number of nitrogens with zero attached hydrogens (tertiary/aromatic N) is 2. The molecular weight excluding hydrogens is 358 g/mol. The maximum absolute atomic E-state index is 12.9. The van der Waals surface area contributed by atoms with Crippen LogP contribution < -0.4 is 5.32 Å². The van der Waals surface area contributed by atoms with E-state index in [0.717, 1.165) is 22.3 Å². The molecule has 4 rings (SSSR count). The molecular formula is C22H18ClN3O. The Labute approximate surface area is 162 Å². The summed E-state index contributed by atoms with van der Waals surface area (Å²) in [5.74, 6) is 0.462. The Bertz CT molecular complexity index is 1160. The number of aryl methyl sites for hydroxylation is 2. The van der Waals surface area contributed by atoms with Crippen LogP contribution >= 0.6 is 11.6 Å². The smallest absolute Gasteiger partial charge is 0.257 e. The molecule has 2 aromatic heterocycles. The van der Waals surface area contributed by atoms with E-state index in [1.54, 1.807) is 0 Å². The molecule has 0 radical (unpaired) electrons. The summed E-state index contributed by atoms with van der Waals surface area (Å²) in [5, 5.41) is 3.68. The molecule has 2 aromatic carbocycles. The largest absolute Gasteiger partial charge is 0.306 e. The highest BCUT2D eigenvalue weighted by Gasteiger charge is 2.18. The molecule has 0 bridgehead atoms. The van der Waals surface area contributed by atoms with Crippen molar-refractivity contribution in [3.8, 4) is 11.3 Å². The number of pyridine rings is 1. The van der Waals surface area contributed by atoms with Gasteiger partial charge < -0.3 is 5.32 Å². The summed E-state index contributed by atoms with van der Waals surface area (Å²) in [4.78, 5) is 17.7. The Morgan fingerprint density at radius 2 is 1.85 bits per heavy atom. The van der Waals surface area contributed by atoms with Crippen LogP contribution in [0.25, 0.3) is 16.9 Å². The number of carbonyl (C=O) groups excluding carboxylic acids is 1. The zero-order valence-corrected chi connectivity index (χ0v) is 15.8. The zero-order chi connectivity index (χ0) is 19.0. The van der Waals surface area contributed by atoms with E-state index in [2.05, 4.69) is 5.32 Å². The number of halogens is 1. The van der Waals surface area contributed by atoms with Crippen molar-refractivity contribution in [1.82, 2.24) is 9.38 Å². The van der Waals surface area contributed by atoms with E-state index in [4.69, 9.17) is 16.6 Å². The number of benzene rings is 2. The summed E-state index contributed by atoms with van der Waals surface area (Å²) in [6.45, 7) is 3.93. The minimum absolute atomic E-state index is 0.167. The fourth-order valence-electron chi connectivity index (χ4n) is 3.11. The van der Waals surface area contributed by atoms with Gasteiger partial charge in [-0.3, -0.25) is 9.20 Å². The summed E-state index contributed by atoms with van der Waals surface area (Å²) in [6, 6.07) is 18.9. The molecule has 0 atom stereocenters. The van der Waals surface area contributed by atoms with Crippen molar-refractivity contribution in [2.75, 3.05) is 5.32 Å². The molecule has 0 aliphatic heterocycles. The lowest BCUT2D eigenvalue weighted by atomic mass is 10.1. The highest BCUT2D eigenvalue weighted by Crippen LogP contribution is 2.31. The summed E-state index contributed by atoms with van der Waals surface area (Å²) >= 11 is 6.17. The molecule has 0 spiro atoms. The van der Waals surface area contributed by atoms with E-state index in [-0.39, 0.29) is 5.91 Å². The van der Waals surface area contributed by atoms with Crippen LogP contribution in [0.2, 0.25) is 5.02 Å². The van der Waals surface area contributed by atoms with E-state index in [1.165, 1.54) is 0 Å². The Kier molecular flexibility index (Phi) is 4.42. The van der Waals surface area contributed by atoms with Crippen LogP contribution in [0.3, 0.4) is 0 Å². The summed E-state index contributed by atoms with van der Waals surface area (Å²) in [5.41, 5.74) is 4.93. The molecule has 0 fully saturated rings. The molecule has 1 amide bonds. The van der Waals surface area contributed by atoms with Crippen LogP contribution in [0.4, 0.5) is 5.82 Å². The molecule has 5 heteroatoms. The van der Waals surface area contributed by atoms with Crippen LogP contribution in [-0.4, -0.2) is 15.3 Å². The molecule has 2 heterocycles. The molecule has 0 saturated carbocycles. The summed E-state index contributed by atoms with van der Waals surface area (Å²) in [7, 11) is 0. The van der Waals surface area contributed by atoms with Crippen molar-refractivity contribution in [2.45, 2.75) is 13.8 Å². The van der Waals surface area contributed by atoms with Crippen molar-refractivity contribution < 1.29 is 4.79 Å². The van der Waals surface area contributed by atoms with Gasteiger partial charge >= 0.3 is 0 Å². The van der Waals surface area contributed by atoms with Gasteiger partial charge in [0.25, 0.3) is 5.91 Å². The first kappa shape index (κ1) is 17.3. The number of hydrogen-bond donors (Lipinski definition) is 1. The van der Waals surface area contributed by atoms with Crippen molar-refractivity contribution >= 4 is 29.0 Å². The second-order valence-electron chi connectivity index (χ2n) is 6.52. The number of hydrogen-bond acceptors (Lipinski definition) is 2. The normalized spacial score (nSPS) is 10.9. The van der Waals surface area contributed by atoms with E-state index < -0.39 is 0 Å². The fourth-order valence-corrected chi connectivity index (χ4v) is 3.30. The maximum Gasteiger partial charge on any atom is 0.257 e. The zero-order valence-electron chi connectivity index (χ0n) is 15.0. The molecule has 0 aliphatic rings. The first-order valence-electron chi connectivity index (χ1n) is 8.64. The van der Waals surface area contributed by atoms with Crippen molar-refractivity contribution in [2.24, 2.45) is 0 Å². The predicted octanol–water partition coefficient (Wildman–Crippen LogP) is 5.52. The molecule has 134 valence electrons. The quantitative estimate of drug-likeness (QED) is 0.512. The Balaban J connectivity index is 1.87. The number of carbonyl (C=O) groups is 1. The fraction of sp³-hybridized carbons (Fsp3) is 0.0909. The van der Waals surface area contributed by atoms with Crippen LogP contribution in [0, 0.1) is 13.8 Å². The number of amides is 1. The van der Waals surface area contributed by atoms with Gasteiger partial charge in [-0.1, -0.05) is 48.0 Å². The summed E-state index contributed by atoms with van der Waals surface area (Å²) < 4.78 is 1.90. The first-order chi connectivity index (χ1) is 13.0. The van der Waals surface area contributed by atoms with Gasteiger partial charge in [0.05, 0.1) is 0 Å². The summed E-state index contributed by atoms with van der Waals surface area (Å²) in [6.07, 6.45) is 1.96. The minimum Gasteiger partial charge on any atom is -0.306 e. The average Bonchev–Trinajstić information content (AvgIpc) is 3.00. The minimum atomic E-state index is -0.167. The lowest BCUT2D eigenvalue weighted by Crippen LogP contribution is -2.15. The molecule has 0 unspecified atom stereocenters. The molecule has 4 aromatic rings. The van der Waals surface area contributed by atoms with Crippen molar-refractivity contribution in [3.05, 3.63) is 88.6 Å². The SMILES string of the molecule is Cc1ccc2nc(-c3cccc(Cl)c3)c(NC(=O)c3ccccc3C)n2c1. The number of aromatic nitrogens is 2. The Morgan fingerprint density at radius 3 is 2.63 bits per heavy atom. The number of rotatable bonds is 3. The van der Waals surface area contributed by atoms with Gasteiger partial charge in [0, 0.05) is 22.3 Å². The number of fused-ring (bicyclic) bond motifs is 1. The van der Waals surface area contributed by atoms with Crippen LogP contribution in [-0.2, 0) is 0 Å². The third-order valence-corrected chi connectivity index (χ3v) is 4.72. The number of imidazole rings is 1. The number of nitrogens with one attached hydrogen (secondary N) is 1. The average molecular weight is 376 g/mol. The standard InChI is InChI=1S/C22H18ClN3O/c1-14-10-11-19-24-20(16-7-5-8-17(23)12-16)21(26(19)13-14)25-22(27)18-9-4-3-6-15(18)2/h3-13H,1-2H3,(H,25,27). The van der Waals surface area contributed by atoms with Crippen molar-refractivity contribution in [1.29, 1.82) is 0 Å². The Hall–Kier alpha value is -3.11. The van der Waals surface area contributed by atoms with Gasteiger partial charge in [-0.05, 0) is 49.2 Å². The van der Waals surface area contributed by atoms with Gasteiger partial charge in [-0.2, -0.15) is 0 Å². The van der Waals surface area contributed by atoms with Gasteiger partial charge in [0.2, 0.25) is 0 Å². The maximum atomic E-state index is 12.9. The monoisotopic (exact) mass is 375 g/mol. The molecule has 4 nitrogen and oxygen atoms in total. The van der Waals surface area contributed by atoms with Gasteiger partial charge in [0.1, 0.15) is 17.2 Å².